The van der Waals surface area contributed by atoms with Crippen molar-refractivity contribution in [1.29, 1.82) is 0 Å². The standard InChI is InChI=1S/C13H10ClF3O3/c1-5-3-9-7(6(2)10(5)14)4-8(12(18)19)11(20-9)13(15,16)17/h3-4,11H,1-2H3,(H,18,19)/t11-/m0/s1/i2D3. The fourth-order valence-corrected chi connectivity index (χ4v) is 2.01. The largest absolute Gasteiger partial charge is 0.478 e. The Morgan fingerprint density at radius 2 is 2.20 bits per heavy atom. The maximum absolute atomic E-state index is 13.0. The van der Waals surface area contributed by atoms with Crippen molar-refractivity contribution >= 4 is 23.6 Å². The molecule has 1 aromatic carbocycles. The fraction of sp³-hybridized carbons (Fsp3) is 0.308. The van der Waals surface area contributed by atoms with Crippen LogP contribution in [0.25, 0.3) is 6.08 Å². The summed E-state index contributed by atoms with van der Waals surface area (Å²) in [6.07, 6.45) is -6.99. The fourth-order valence-electron chi connectivity index (χ4n) is 1.86. The second-order valence-corrected chi connectivity index (χ2v) is 4.62. The summed E-state index contributed by atoms with van der Waals surface area (Å²) >= 11 is 5.95. The van der Waals surface area contributed by atoms with Crippen LogP contribution in [-0.2, 0) is 4.79 Å². The van der Waals surface area contributed by atoms with Crippen molar-refractivity contribution in [2.45, 2.75) is 26.1 Å². The third kappa shape index (κ3) is 2.35. The van der Waals surface area contributed by atoms with Gasteiger partial charge in [0.25, 0.3) is 0 Å². The smallest absolute Gasteiger partial charge is 0.430 e. The SMILES string of the molecule is [2H]C([2H])([2H])c1c(Cl)c(C)cc2c1C=C(C(=O)O)[C@@H](C(F)(F)F)O2. The van der Waals surface area contributed by atoms with Crippen molar-refractivity contribution in [3.8, 4) is 5.75 Å². The van der Waals surface area contributed by atoms with Gasteiger partial charge in [-0.2, -0.15) is 13.2 Å². The zero-order chi connectivity index (χ0) is 17.7. The van der Waals surface area contributed by atoms with Gasteiger partial charge in [0.05, 0.1) is 5.57 Å². The number of ether oxygens (including phenoxy) is 1. The zero-order valence-corrected chi connectivity index (χ0v) is 10.8. The van der Waals surface area contributed by atoms with Gasteiger partial charge in [0.1, 0.15) is 5.75 Å². The second kappa shape index (κ2) is 4.70. The average Bonchev–Trinajstić information content (AvgIpc) is 2.36. The maximum Gasteiger partial charge on any atom is 0.430 e. The zero-order valence-electron chi connectivity index (χ0n) is 13.0. The van der Waals surface area contributed by atoms with Gasteiger partial charge in [0, 0.05) is 14.7 Å². The second-order valence-electron chi connectivity index (χ2n) is 4.24. The molecule has 0 aliphatic carbocycles. The first-order valence-corrected chi connectivity index (χ1v) is 5.73. The Hall–Kier alpha value is -1.69. The van der Waals surface area contributed by atoms with E-state index >= 15 is 0 Å². The Labute approximate surface area is 121 Å². The Bertz CT molecular complexity index is 711. The molecule has 2 rings (SSSR count). The van der Waals surface area contributed by atoms with Gasteiger partial charge < -0.3 is 9.84 Å². The quantitative estimate of drug-likeness (QED) is 0.859. The number of carboxylic acid groups (broad SMARTS) is 1. The highest BCUT2D eigenvalue weighted by molar-refractivity contribution is 6.32. The van der Waals surface area contributed by atoms with Gasteiger partial charge in [-0.3, -0.25) is 0 Å². The summed E-state index contributed by atoms with van der Waals surface area (Å²) in [5, 5.41) is 8.83. The highest BCUT2D eigenvalue weighted by Crippen LogP contribution is 2.41. The number of carbonyl (C=O) groups is 1. The highest BCUT2D eigenvalue weighted by Gasteiger charge is 2.48. The predicted molar refractivity (Wildman–Crippen MR) is 67.0 cm³/mol. The molecule has 20 heavy (non-hydrogen) atoms. The van der Waals surface area contributed by atoms with Crippen LogP contribution in [-0.4, -0.2) is 23.4 Å². The summed E-state index contributed by atoms with van der Waals surface area (Å²) in [6.45, 7) is -1.33. The lowest BCUT2D eigenvalue weighted by atomic mass is 9.96. The predicted octanol–water partition coefficient (Wildman–Crippen LogP) is 3.75. The van der Waals surface area contributed by atoms with Crippen LogP contribution in [0, 0.1) is 13.8 Å². The first kappa shape index (κ1) is 11.0. The molecule has 1 N–H and O–H groups in total. The number of rotatable bonds is 1. The third-order valence-electron chi connectivity index (χ3n) is 2.82. The van der Waals surface area contributed by atoms with E-state index in [4.69, 9.17) is 25.6 Å². The number of carboxylic acids is 1. The van der Waals surface area contributed by atoms with E-state index in [-0.39, 0.29) is 21.9 Å². The van der Waals surface area contributed by atoms with E-state index in [1.165, 1.54) is 6.92 Å². The lowest BCUT2D eigenvalue weighted by Crippen LogP contribution is -2.40. The van der Waals surface area contributed by atoms with Crippen LogP contribution >= 0.6 is 11.6 Å². The molecule has 1 heterocycles. The van der Waals surface area contributed by atoms with E-state index in [0.717, 1.165) is 6.07 Å². The van der Waals surface area contributed by atoms with E-state index in [2.05, 4.69) is 0 Å². The number of alkyl halides is 3. The normalized spacial score (nSPS) is 20.9. The number of benzene rings is 1. The molecular weight excluding hydrogens is 297 g/mol. The highest BCUT2D eigenvalue weighted by atomic mass is 35.5. The van der Waals surface area contributed by atoms with Crippen LogP contribution in [0.4, 0.5) is 13.2 Å². The molecule has 0 saturated heterocycles. The molecule has 0 bridgehead atoms. The molecule has 0 fully saturated rings. The average molecular weight is 310 g/mol. The number of aliphatic carboxylic acids is 1. The molecule has 1 atom stereocenters. The number of aryl methyl sites for hydroxylation is 1. The summed E-state index contributed by atoms with van der Waals surface area (Å²) in [5.41, 5.74) is -1.60. The summed E-state index contributed by atoms with van der Waals surface area (Å²) < 4.78 is 66.2. The molecule has 0 unspecified atom stereocenters. The summed E-state index contributed by atoms with van der Waals surface area (Å²) in [6, 6.07) is 1.15. The maximum atomic E-state index is 13.0. The van der Waals surface area contributed by atoms with E-state index in [9.17, 15) is 18.0 Å². The lowest BCUT2D eigenvalue weighted by Gasteiger charge is -2.28. The molecule has 1 aliphatic heterocycles. The van der Waals surface area contributed by atoms with Gasteiger partial charge in [0.2, 0.25) is 6.10 Å². The summed E-state index contributed by atoms with van der Waals surface area (Å²) in [7, 11) is 0. The first-order chi connectivity index (χ1) is 10.3. The van der Waals surface area contributed by atoms with Crippen molar-refractivity contribution in [2.24, 2.45) is 0 Å². The van der Waals surface area contributed by atoms with Crippen LogP contribution in [0.3, 0.4) is 0 Å². The molecule has 0 saturated carbocycles. The van der Waals surface area contributed by atoms with Crippen LogP contribution in [0.1, 0.15) is 20.8 Å². The summed E-state index contributed by atoms with van der Waals surface area (Å²) in [4.78, 5) is 11.1. The Balaban J connectivity index is 2.79. The molecule has 3 nitrogen and oxygen atoms in total. The first-order valence-electron chi connectivity index (χ1n) is 6.86. The molecule has 7 heteroatoms. The number of hydrogen-bond acceptors (Lipinski definition) is 2. The van der Waals surface area contributed by atoms with E-state index in [1.54, 1.807) is 0 Å². The van der Waals surface area contributed by atoms with Crippen molar-refractivity contribution in [3.63, 3.8) is 0 Å². The third-order valence-corrected chi connectivity index (χ3v) is 3.31. The molecule has 1 aliphatic rings. The van der Waals surface area contributed by atoms with Gasteiger partial charge in [-0.15, -0.1) is 0 Å². The summed E-state index contributed by atoms with van der Waals surface area (Å²) in [5.74, 6) is -2.23. The molecule has 0 spiro atoms. The number of fused-ring (bicyclic) bond motifs is 1. The van der Waals surface area contributed by atoms with E-state index < -0.39 is 36.2 Å². The van der Waals surface area contributed by atoms with Gasteiger partial charge in [-0.1, -0.05) is 11.6 Å². The topological polar surface area (TPSA) is 46.5 Å². The van der Waals surface area contributed by atoms with Crippen LogP contribution < -0.4 is 4.74 Å². The Morgan fingerprint density at radius 3 is 2.70 bits per heavy atom. The molecule has 0 amide bonds. The molecule has 0 radical (unpaired) electrons. The number of hydrogen-bond donors (Lipinski definition) is 1. The van der Waals surface area contributed by atoms with Crippen molar-refractivity contribution < 1.29 is 31.9 Å². The van der Waals surface area contributed by atoms with Crippen LogP contribution in [0.2, 0.25) is 5.02 Å². The van der Waals surface area contributed by atoms with Crippen molar-refractivity contribution in [1.82, 2.24) is 0 Å². The van der Waals surface area contributed by atoms with Gasteiger partial charge in [-0.05, 0) is 37.0 Å². The minimum Gasteiger partial charge on any atom is -0.478 e. The lowest BCUT2D eigenvalue weighted by molar-refractivity contribution is -0.187. The van der Waals surface area contributed by atoms with Crippen LogP contribution in [0.15, 0.2) is 11.6 Å². The molecule has 1 aromatic rings. The molecular formula is C13H10ClF3O3. The minimum absolute atomic E-state index is 0.168. The van der Waals surface area contributed by atoms with Crippen LogP contribution in [0.5, 0.6) is 5.75 Å². The van der Waals surface area contributed by atoms with E-state index in [1.807, 2.05) is 0 Å². The van der Waals surface area contributed by atoms with Gasteiger partial charge in [0.15, 0.2) is 0 Å². The Kier molecular flexibility index (Phi) is 2.59. The van der Waals surface area contributed by atoms with E-state index in [0.29, 0.717) is 6.08 Å². The molecule has 108 valence electrons. The monoisotopic (exact) mass is 309 g/mol. The van der Waals surface area contributed by atoms with Crippen molar-refractivity contribution in [2.75, 3.05) is 0 Å². The number of halogens is 4. The van der Waals surface area contributed by atoms with Gasteiger partial charge in [-0.25, -0.2) is 4.79 Å². The minimum atomic E-state index is -4.96. The van der Waals surface area contributed by atoms with Crippen molar-refractivity contribution in [3.05, 3.63) is 33.4 Å². The molecule has 0 aromatic heterocycles. The Morgan fingerprint density at radius 1 is 1.55 bits per heavy atom. The van der Waals surface area contributed by atoms with Gasteiger partial charge >= 0.3 is 12.1 Å².